The standard InChI is InChI=1S/C10H14.C2H6/c1-8(2)10-7-5-4-6-9(10)3;1-2/h4-8H,1-3H3;1-2H3. The first-order valence-corrected chi connectivity index (χ1v) is 4.77. The normalized spacial score (nSPS) is 9.17. The smallest absolute Gasteiger partial charge is 0.0216 e. The minimum absolute atomic E-state index is 0.654. The molecule has 0 radical (unpaired) electrons. The SMILES string of the molecule is CC.Cc1ccccc1C(C)C. The number of aryl methyl sites for hydroxylation is 1. The van der Waals surface area contributed by atoms with Gasteiger partial charge in [0, 0.05) is 0 Å². The van der Waals surface area contributed by atoms with E-state index in [1.54, 1.807) is 0 Å². The summed E-state index contributed by atoms with van der Waals surface area (Å²) in [5, 5.41) is 0. The van der Waals surface area contributed by atoms with Gasteiger partial charge in [-0.2, -0.15) is 0 Å². The molecule has 1 rings (SSSR count). The molecular weight excluding hydrogens is 144 g/mol. The molecule has 0 N–H and O–H groups in total. The molecule has 0 atom stereocenters. The third-order valence-corrected chi connectivity index (χ3v) is 1.81. The van der Waals surface area contributed by atoms with E-state index in [2.05, 4.69) is 45.0 Å². The molecule has 68 valence electrons. The second-order valence-electron chi connectivity index (χ2n) is 3.01. The van der Waals surface area contributed by atoms with Gasteiger partial charge in [-0.3, -0.25) is 0 Å². The Morgan fingerprint density at radius 3 is 1.83 bits per heavy atom. The third kappa shape index (κ3) is 3.08. The summed E-state index contributed by atoms with van der Waals surface area (Å²) in [7, 11) is 0. The summed E-state index contributed by atoms with van der Waals surface area (Å²) in [5.74, 6) is 0.654. The Morgan fingerprint density at radius 1 is 1.00 bits per heavy atom. The van der Waals surface area contributed by atoms with Gasteiger partial charge in [-0.15, -0.1) is 0 Å². The summed E-state index contributed by atoms with van der Waals surface area (Å²) in [4.78, 5) is 0. The highest BCUT2D eigenvalue weighted by molar-refractivity contribution is 5.27. The fraction of sp³-hybridized carbons (Fsp3) is 0.500. The van der Waals surface area contributed by atoms with E-state index in [0.29, 0.717) is 5.92 Å². The number of hydrogen-bond acceptors (Lipinski definition) is 0. The van der Waals surface area contributed by atoms with E-state index in [-0.39, 0.29) is 0 Å². The Balaban J connectivity index is 0.000000561. The van der Waals surface area contributed by atoms with Crippen molar-refractivity contribution in [1.29, 1.82) is 0 Å². The summed E-state index contributed by atoms with van der Waals surface area (Å²) in [6.07, 6.45) is 0. The molecule has 0 fully saturated rings. The molecule has 0 aliphatic carbocycles. The molecule has 1 aromatic rings. The monoisotopic (exact) mass is 164 g/mol. The summed E-state index contributed by atoms with van der Waals surface area (Å²) in [6, 6.07) is 8.54. The zero-order valence-corrected chi connectivity index (χ0v) is 8.89. The zero-order valence-electron chi connectivity index (χ0n) is 8.89. The Hall–Kier alpha value is -0.780. The van der Waals surface area contributed by atoms with Crippen molar-refractivity contribution in [1.82, 2.24) is 0 Å². The van der Waals surface area contributed by atoms with Crippen LogP contribution >= 0.6 is 0 Å². The van der Waals surface area contributed by atoms with Gasteiger partial charge in [0.15, 0.2) is 0 Å². The molecule has 0 amide bonds. The van der Waals surface area contributed by atoms with Gasteiger partial charge in [-0.1, -0.05) is 52.0 Å². The van der Waals surface area contributed by atoms with Gasteiger partial charge in [-0.25, -0.2) is 0 Å². The van der Waals surface area contributed by atoms with Crippen LogP contribution in [0.4, 0.5) is 0 Å². The number of hydrogen-bond donors (Lipinski definition) is 0. The van der Waals surface area contributed by atoms with Crippen LogP contribution in [-0.4, -0.2) is 0 Å². The molecule has 0 unspecified atom stereocenters. The fourth-order valence-corrected chi connectivity index (χ4v) is 1.23. The Labute approximate surface area is 76.6 Å². The maximum Gasteiger partial charge on any atom is -0.0216 e. The van der Waals surface area contributed by atoms with Crippen molar-refractivity contribution in [2.75, 3.05) is 0 Å². The molecule has 0 bridgehead atoms. The number of benzene rings is 1. The average Bonchev–Trinajstić information content (AvgIpc) is 2.08. The summed E-state index contributed by atoms with van der Waals surface area (Å²) >= 11 is 0. The van der Waals surface area contributed by atoms with E-state index in [9.17, 15) is 0 Å². The van der Waals surface area contributed by atoms with E-state index in [1.807, 2.05) is 13.8 Å². The first-order chi connectivity index (χ1) is 5.72. The van der Waals surface area contributed by atoms with Crippen molar-refractivity contribution in [2.45, 2.75) is 40.5 Å². The lowest BCUT2D eigenvalue weighted by atomic mass is 9.99. The van der Waals surface area contributed by atoms with E-state index in [4.69, 9.17) is 0 Å². The molecule has 0 heterocycles. The second kappa shape index (κ2) is 5.82. The first kappa shape index (κ1) is 11.2. The van der Waals surface area contributed by atoms with E-state index >= 15 is 0 Å². The maximum atomic E-state index is 2.22. The van der Waals surface area contributed by atoms with Gasteiger partial charge >= 0.3 is 0 Å². The van der Waals surface area contributed by atoms with Crippen LogP contribution in [0, 0.1) is 6.92 Å². The van der Waals surface area contributed by atoms with Gasteiger partial charge in [0.1, 0.15) is 0 Å². The average molecular weight is 164 g/mol. The van der Waals surface area contributed by atoms with Crippen LogP contribution in [0.3, 0.4) is 0 Å². The van der Waals surface area contributed by atoms with Crippen molar-refractivity contribution in [2.24, 2.45) is 0 Å². The van der Waals surface area contributed by atoms with E-state index in [0.717, 1.165) is 0 Å². The van der Waals surface area contributed by atoms with Gasteiger partial charge in [0.25, 0.3) is 0 Å². The van der Waals surface area contributed by atoms with Crippen LogP contribution in [0.25, 0.3) is 0 Å². The van der Waals surface area contributed by atoms with E-state index in [1.165, 1.54) is 11.1 Å². The molecule has 12 heavy (non-hydrogen) atoms. The third-order valence-electron chi connectivity index (χ3n) is 1.81. The van der Waals surface area contributed by atoms with Crippen LogP contribution in [0.15, 0.2) is 24.3 Å². The first-order valence-electron chi connectivity index (χ1n) is 4.77. The van der Waals surface area contributed by atoms with Crippen molar-refractivity contribution < 1.29 is 0 Å². The quantitative estimate of drug-likeness (QED) is 0.585. The molecule has 0 saturated carbocycles. The second-order valence-corrected chi connectivity index (χ2v) is 3.01. The molecule has 1 aromatic carbocycles. The lowest BCUT2D eigenvalue weighted by Gasteiger charge is -2.07. The molecule has 0 heteroatoms. The van der Waals surface area contributed by atoms with Crippen molar-refractivity contribution >= 4 is 0 Å². The fourth-order valence-electron chi connectivity index (χ4n) is 1.23. The highest BCUT2D eigenvalue weighted by Gasteiger charge is 1.99. The van der Waals surface area contributed by atoms with Crippen LogP contribution in [-0.2, 0) is 0 Å². The maximum absolute atomic E-state index is 2.22. The van der Waals surface area contributed by atoms with Gasteiger partial charge in [0.2, 0.25) is 0 Å². The van der Waals surface area contributed by atoms with Gasteiger partial charge < -0.3 is 0 Å². The van der Waals surface area contributed by atoms with Crippen molar-refractivity contribution in [3.8, 4) is 0 Å². The topological polar surface area (TPSA) is 0 Å². The number of rotatable bonds is 1. The zero-order chi connectivity index (χ0) is 9.56. The molecule has 0 spiro atoms. The largest absolute Gasteiger partial charge is 0.0683 e. The molecular formula is C12H20. The Morgan fingerprint density at radius 2 is 1.50 bits per heavy atom. The van der Waals surface area contributed by atoms with Crippen LogP contribution < -0.4 is 0 Å². The summed E-state index contributed by atoms with van der Waals surface area (Å²) in [5.41, 5.74) is 2.86. The molecule has 0 aromatic heterocycles. The van der Waals surface area contributed by atoms with Crippen LogP contribution in [0.2, 0.25) is 0 Å². The predicted octanol–water partition coefficient (Wildman–Crippen LogP) is 4.14. The minimum atomic E-state index is 0.654. The highest BCUT2D eigenvalue weighted by atomic mass is 14.0. The lowest BCUT2D eigenvalue weighted by molar-refractivity contribution is 0.856. The minimum Gasteiger partial charge on any atom is -0.0683 e. The summed E-state index contributed by atoms with van der Waals surface area (Å²) < 4.78 is 0. The Kier molecular flexibility index (Phi) is 5.44. The lowest BCUT2D eigenvalue weighted by Crippen LogP contribution is -1.89. The van der Waals surface area contributed by atoms with Crippen molar-refractivity contribution in [3.05, 3.63) is 35.4 Å². The molecule has 0 nitrogen and oxygen atoms in total. The summed E-state index contributed by atoms with van der Waals surface area (Å²) in [6.45, 7) is 10.6. The van der Waals surface area contributed by atoms with Crippen LogP contribution in [0.5, 0.6) is 0 Å². The molecule has 0 aliphatic rings. The van der Waals surface area contributed by atoms with Gasteiger partial charge in [-0.05, 0) is 24.0 Å². The highest BCUT2D eigenvalue weighted by Crippen LogP contribution is 2.17. The van der Waals surface area contributed by atoms with E-state index < -0.39 is 0 Å². The van der Waals surface area contributed by atoms with Crippen LogP contribution in [0.1, 0.15) is 44.7 Å². The Bertz CT molecular complexity index is 211. The molecule has 0 aliphatic heterocycles. The van der Waals surface area contributed by atoms with Crippen molar-refractivity contribution in [3.63, 3.8) is 0 Å². The van der Waals surface area contributed by atoms with Gasteiger partial charge in [0.05, 0.1) is 0 Å². The predicted molar refractivity (Wildman–Crippen MR) is 56.6 cm³/mol. The molecule has 0 saturated heterocycles.